The van der Waals surface area contributed by atoms with Crippen LogP contribution in [0.3, 0.4) is 0 Å². The van der Waals surface area contributed by atoms with Gasteiger partial charge in [-0.05, 0) is 68.5 Å². The molecule has 1 aliphatic heterocycles. The number of ether oxygens (including phenoxy) is 1. The lowest BCUT2D eigenvalue weighted by Crippen LogP contribution is -2.47. The van der Waals surface area contributed by atoms with Crippen molar-refractivity contribution < 1.29 is 24.5 Å². The van der Waals surface area contributed by atoms with Gasteiger partial charge in [0.15, 0.2) is 0 Å². The number of aliphatic hydroxyl groups excluding tert-OH is 1. The maximum atomic E-state index is 12.9. The fraction of sp³-hybridized carbons (Fsp3) is 0.395. The van der Waals surface area contributed by atoms with Crippen molar-refractivity contribution in [3.63, 3.8) is 0 Å². The summed E-state index contributed by atoms with van der Waals surface area (Å²) in [5.41, 5.74) is 2.74. The number of likely N-dealkylation sites (tertiary alicyclic amines) is 1. The summed E-state index contributed by atoms with van der Waals surface area (Å²) in [6.07, 6.45) is 3.18. The largest absolute Gasteiger partial charge is 0.506 e. The van der Waals surface area contributed by atoms with Crippen LogP contribution in [0.2, 0.25) is 0 Å². The molecule has 0 radical (unpaired) electrons. The standard InChI is InChI=1S/C38H47N5O6/c1-38(49-37(48)41-31-13-8-7-12-28(31)27-10-4-2-5-11-27)19-23-43(24-20-38)25-22-40-34(46)14-6-3-9-21-39-26-33(45)29-15-17-32(44)36-30(29)16-18-35(47)42-36/h2,4-5,7-8,10-13,15-18,33,39,44-45H,3,6,9,14,19-26H2,1H3,(H,40,46)(H,41,48)(H,42,47)/t33-/m1/s1. The second-order valence-electron chi connectivity index (χ2n) is 12.9. The number of H-pyrrole nitrogens is 1. The molecule has 0 spiro atoms. The summed E-state index contributed by atoms with van der Waals surface area (Å²) in [5, 5.41) is 30.5. The van der Waals surface area contributed by atoms with Crippen molar-refractivity contribution in [3.8, 4) is 16.9 Å². The predicted molar refractivity (Wildman–Crippen MR) is 192 cm³/mol. The number of rotatable bonds is 15. The number of aromatic amines is 1. The van der Waals surface area contributed by atoms with Crippen molar-refractivity contribution in [3.05, 3.63) is 94.8 Å². The minimum Gasteiger partial charge on any atom is -0.506 e. The lowest BCUT2D eigenvalue weighted by atomic mass is 9.93. The molecule has 1 atom stereocenters. The van der Waals surface area contributed by atoms with Crippen molar-refractivity contribution in [2.75, 3.05) is 44.6 Å². The van der Waals surface area contributed by atoms with E-state index in [-0.39, 0.29) is 17.2 Å². The van der Waals surface area contributed by atoms with Gasteiger partial charge in [-0.25, -0.2) is 4.79 Å². The van der Waals surface area contributed by atoms with Crippen LogP contribution >= 0.6 is 0 Å². The van der Waals surface area contributed by atoms with Crippen LogP contribution in [-0.2, 0) is 9.53 Å². The first-order valence-electron chi connectivity index (χ1n) is 17.1. The number of benzene rings is 3. The van der Waals surface area contributed by atoms with Crippen LogP contribution in [0.15, 0.2) is 83.7 Å². The van der Waals surface area contributed by atoms with Gasteiger partial charge in [0.1, 0.15) is 11.4 Å². The summed E-state index contributed by atoms with van der Waals surface area (Å²) in [6, 6.07) is 23.7. The van der Waals surface area contributed by atoms with E-state index < -0.39 is 17.8 Å². The molecule has 1 aromatic heterocycles. The minimum absolute atomic E-state index is 0.0366. The number of hydrogen-bond acceptors (Lipinski definition) is 8. The molecule has 0 aliphatic carbocycles. The number of piperidine rings is 1. The van der Waals surface area contributed by atoms with Crippen molar-refractivity contribution in [1.82, 2.24) is 20.5 Å². The first-order chi connectivity index (χ1) is 23.7. The summed E-state index contributed by atoms with van der Waals surface area (Å²) in [7, 11) is 0. The molecular weight excluding hydrogens is 622 g/mol. The fourth-order valence-corrected chi connectivity index (χ4v) is 6.22. The number of carbonyl (C=O) groups is 2. The molecule has 260 valence electrons. The molecule has 5 rings (SSSR count). The number of pyridine rings is 1. The number of aromatic nitrogens is 1. The molecule has 4 aromatic rings. The first-order valence-corrected chi connectivity index (χ1v) is 17.1. The Bertz CT molecular complexity index is 1750. The van der Waals surface area contributed by atoms with E-state index in [1.807, 2.05) is 61.5 Å². The normalized spacial score (nSPS) is 15.1. The Morgan fingerprint density at radius 2 is 1.69 bits per heavy atom. The summed E-state index contributed by atoms with van der Waals surface area (Å²) < 4.78 is 5.92. The molecule has 0 saturated carbocycles. The molecule has 11 nitrogen and oxygen atoms in total. The number of nitrogens with zero attached hydrogens (tertiary/aromatic N) is 1. The van der Waals surface area contributed by atoms with Crippen LogP contribution in [-0.4, -0.2) is 77.0 Å². The van der Waals surface area contributed by atoms with Gasteiger partial charge in [-0.2, -0.15) is 0 Å². The number of aliphatic hydroxyl groups is 1. The van der Waals surface area contributed by atoms with Gasteiger partial charge in [-0.1, -0.05) is 61.0 Å². The van der Waals surface area contributed by atoms with Crippen LogP contribution in [0.4, 0.5) is 10.5 Å². The van der Waals surface area contributed by atoms with Crippen molar-refractivity contribution in [1.29, 1.82) is 0 Å². The van der Waals surface area contributed by atoms with Crippen LogP contribution in [0.1, 0.15) is 57.1 Å². The van der Waals surface area contributed by atoms with Gasteiger partial charge in [0.25, 0.3) is 0 Å². The highest BCUT2D eigenvalue weighted by molar-refractivity contribution is 5.91. The van der Waals surface area contributed by atoms with Gasteiger partial charge in [0.2, 0.25) is 11.5 Å². The third kappa shape index (κ3) is 10.1. The van der Waals surface area contributed by atoms with E-state index in [1.165, 1.54) is 12.1 Å². The molecule has 3 aromatic carbocycles. The third-order valence-electron chi connectivity index (χ3n) is 9.11. The molecule has 1 fully saturated rings. The lowest BCUT2D eigenvalue weighted by Gasteiger charge is -2.38. The number of fused-ring (bicyclic) bond motifs is 1. The van der Waals surface area contributed by atoms with Crippen LogP contribution in [0, 0.1) is 0 Å². The van der Waals surface area contributed by atoms with E-state index in [4.69, 9.17) is 4.74 Å². The van der Waals surface area contributed by atoms with E-state index in [0.29, 0.717) is 61.1 Å². The van der Waals surface area contributed by atoms with Crippen molar-refractivity contribution >= 4 is 28.6 Å². The Kier molecular flexibility index (Phi) is 12.4. The zero-order valence-electron chi connectivity index (χ0n) is 28.0. The highest BCUT2D eigenvalue weighted by Gasteiger charge is 2.33. The number of para-hydroxylation sites is 1. The second kappa shape index (κ2) is 17.1. The number of nitrogens with one attached hydrogen (secondary N) is 4. The van der Waals surface area contributed by atoms with Gasteiger partial charge < -0.3 is 35.5 Å². The number of unbranched alkanes of at least 4 members (excludes halogenated alkanes) is 2. The molecule has 1 aliphatic rings. The van der Waals surface area contributed by atoms with Gasteiger partial charge >= 0.3 is 6.09 Å². The number of anilines is 1. The van der Waals surface area contributed by atoms with Crippen LogP contribution < -0.4 is 21.5 Å². The molecule has 11 heteroatoms. The van der Waals surface area contributed by atoms with Crippen LogP contribution in [0.25, 0.3) is 22.0 Å². The molecule has 0 unspecified atom stereocenters. The maximum Gasteiger partial charge on any atom is 0.412 e. The monoisotopic (exact) mass is 669 g/mol. The van der Waals surface area contributed by atoms with E-state index >= 15 is 0 Å². The lowest BCUT2D eigenvalue weighted by molar-refractivity contribution is -0.121. The summed E-state index contributed by atoms with van der Waals surface area (Å²) in [4.78, 5) is 41.8. The Morgan fingerprint density at radius 1 is 0.939 bits per heavy atom. The zero-order valence-corrected chi connectivity index (χ0v) is 28.0. The van der Waals surface area contributed by atoms with E-state index in [2.05, 4.69) is 25.8 Å². The Labute approximate surface area is 286 Å². The first kappa shape index (κ1) is 35.6. The summed E-state index contributed by atoms with van der Waals surface area (Å²) in [6.45, 7) is 5.90. The number of amides is 2. The average Bonchev–Trinajstić information content (AvgIpc) is 3.09. The highest BCUT2D eigenvalue weighted by Crippen LogP contribution is 2.31. The molecule has 2 heterocycles. The molecular formula is C38H47N5O6. The number of phenolic OH excluding ortho intramolecular Hbond substituents is 1. The Morgan fingerprint density at radius 3 is 2.49 bits per heavy atom. The average molecular weight is 670 g/mol. The van der Waals surface area contributed by atoms with E-state index in [9.17, 15) is 24.6 Å². The fourth-order valence-electron chi connectivity index (χ4n) is 6.22. The predicted octanol–water partition coefficient (Wildman–Crippen LogP) is 5.30. The van der Waals surface area contributed by atoms with Gasteiger partial charge in [0.05, 0.1) is 17.3 Å². The molecule has 1 saturated heterocycles. The molecule has 0 bridgehead atoms. The van der Waals surface area contributed by atoms with Crippen LogP contribution in [0.5, 0.6) is 5.75 Å². The summed E-state index contributed by atoms with van der Waals surface area (Å²) in [5.74, 6) is 0.00344. The molecule has 49 heavy (non-hydrogen) atoms. The Balaban J connectivity index is 0.918. The third-order valence-corrected chi connectivity index (χ3v) is 9.11. The second-order valence-corrected chi connectivity index (χ2v) is 12.9. The van der Waals surface area contributed by atoms with Crippen molar-refractivity contribution in [2.45, 2.75) is 57.2 Å². The SMILES string of the molecule is CC1(OC(=O)Nc2ccccc2-c2ccccc2)CCN(CCNC(=O)CCCCCNC[C@@H](O)c2ccc(O)c3[nH]c(=O)ccc23)CC1. The van der Waals surface area contributed by atoms with Gasteiger partial charge in [-0.3, -0.25) is 14.9 Å². The van der Waals surface area contributed by atoms with Gasteiger partial charge in [-0.15, -0.1) is 0 Å². The quantitative estimate of drug-likeness (QED) is 0.0932. The molecule has 6 N–H and O–H groups in total. The smallest absolute Gasteiger partial charge is 0.412 e. The van der Waals surface area contributed by atoms with Crippen molar-refractivity contribution in [2.24, 2.45) is 0 Å². The maximum absolute atomic E-state index is 12.9. The highest BCUT2D eigenvalue weighted by atomic mass is 16.6. The van der Waals surface area contributed by atoms with E-state index in [1.54, 1.807) is 12.1 Å². The number of aromatic hydroxyl groups is 1. The summed E-state index contributed by atoms with van der Waals surface area (Å²) >= 11 is 0. The zero-order chi connectivity index (χ0) is 34.6. The minimum atomic E-state index is -0.797. The number of hydrogen-bond donors (Lipinski definition) is 6. The topological polar surface area (TPSA) is 156 Å². The van der Waals surface area contributed by atoms with Gasteiger partial charge in [0, 0.05) is 56.2 Å². The Hall–Kier alpha value is -4.71. The van der Waals surface area contributed by atoms with E-state index in [0.717, 1.165) is 50.0 Å². The molecule has 2 amide bonds. The number of carbonyl (C=O) groups excluding carboxylic acids is 2. The number of phenols is 1.